The Kier molecular flexibility index (Phi) is 3.97. The van der Waals surface area contributed by atoms with Crippen LogP contribution in [0.25, 0.3) is 0 Å². The van der Waals surface area contributed by atoms with Gasteiger partial charge in [0.05, 0.1) is 0 Å². The Labute approximate surface area is 115 Å². The Bertz CT molecular complexity index is 674. The Morgan fingerprint density at radius 3 is 2.70 bits per heavy atom. The predicted octanol–water partition coefficient (Wildman–Crippen LogP) is 1.52. The first kappa shape index (κ1) is 14.0. The van der Waals surface area contributed by atoms with Gasteiger partial charge >= 0.3 is 0 Å². The van der Waals surface area contributed by atoms with Crippen molar-refractivity contribution in [2.75, 3.05) is 0 Å². The van der Waals surface area contributed by atoms with Crippen LogP contribution in [0.5, 0.6) is 0 Å². The van der Waals surface area contributed by atoms with Gasteiger partial charge in [-0.25, -0.2) is 0 Å². The maximum absolute atomic E-state index is 12.1. The van der Waals surface area contributed by atoms with E-state index in [0.717, 1.165) is 6.07 Å². The number of carbonyl (C=O) groups excluding carboxylic acids is 1. The highest BCUT2D eigenvalue weighted by Gasteiger charge is 2.21. The fourth-order valence-corrected chi connectivity index (χ4v) is 1.74. The van der Waals surface area contributed by atoms with Crippen molar-refractivity contribution in [1.82, 2.24) is 15.5 Å². The fraction of sp³-hybridized carbons (Fsp3) is 0.385. The summed E-state index contributed by atoms with van der Waals surface area (Å²) in [6.07, 6.45) is 0.573. The second-order valence-electron chi connectivity index (χ2n) is 4.38. The van der Waals surface area contributed by atoms with Crippen LogP contribution in [0.2, 0.25) is 0 Å². The lowest BCUT2D eigenvalue weighted by Crippen LogP contribution is -2.29. The lowest BCUT2D eigenvalue weighted by Gasteiger charge is -2.12. The van der Waals surface area contributed by atoms with Gasteiger partial charge in [-0.3, -0.25) is 9.59 Å². The summed E-state index contributed by atoms with van der Waals surface area (Å²) in [6, 6.07) is 2.04. The van der Waals surface area contributed by atoms with Crippen LogP contribution in [0, 0.1) is 13.8 Å². The summed E-state index contributed by atoms with van der Waals surface area (Å²) < 4.78 is 10.3. The molecule has 1 N–H and O–H groups in total. The van der Waals surface area contributed by atoms with Gasteiger partial charge in [0.15, 0.2) is 17.0 Å². The Morgan fingerprint density at radius 2 is 2.15 bits per heavy atom. The van der Waals surface area contributed by atoms with Gasteiger partial charge in [-0.05, 0) is 20.3 Å². The van der Waals surface area contributed by atoms with Gasteiger partial charge in [0.25, 0.3) is 5.91 Å². The number of nitrogens with one attached hydrogen (secondary N) is 1. The monoisotopic (exact) mass is 277 g/mol. The van der Waals surface area contributed by atoms with Crippen LogP contribution in [0.3, 0.4) is 0 Å². The van der Waals surface area contributed by atoms with Crippen LogP contribution >= 0.6 is 0 Å². The molecule has 7 nitrogen and oxygen atoms in total. The van der Waals surface area contributed by atoms with E-state index in [1.807, 2.05) is 6.92 Å². The second-order valence-corrected chi connectivity index (χ2v) is 4.38. The lowest BCUT2D eigenvalue weighted by atomic mass is 10.2. The number of aromatic nitrogens is 2. The molecule has 0 fully saturated rings. The fourth-order valence-electron chi connectivity index (χ4n) is 1.74. The minimum absolute atomic E-state index is 0.0373. The van der Waals surface area contributed by atoms with E-state index < -0.39 is 11.9 Å². The maximum Gasteiger partial charge on any atom is 0.287 e. The summed E-state index contributed by atoms with van der Waals surface area (Å²) in [5.74, 6) is 0.672. The average Bonchev–Trinajstić information content (AvgIpc) is 2.81. The summed E-state index contributed by atoms with van der Waals surface area (Å²) in [5.41, 5.74) is -0.277. The van der Waals surface area contributed by atoms with Gasteiger partial charge < -0.3 is 14.3 Å². The van der Waals surface area contributed by atoms with E-state index >= 15 is 0 Å². The Morgan fingerprint density at radius 1 is 1.40 bits per heavy atom. The zero-order valence-electron chi connectivity index (χ0n) is 11.5. The molecule has 1 atom stereocenters. The topological polar surface area (TPSA) is 98.2 Å². The first-order valence-corrected chi connectivity index (χ1v) is 6.22. The third-order valence-corrected chi connectivity index (χ3v) is 2.67. The molecule has 0 aliphatic carbocycles. The summed E-state index contributed by atoms with van der Waals surface area (Å²) in [7, 11) is 0. The van der Waals surface area contributed by atoms with Gasteiger partial charge in [-0.1, -0.05) is 12.1 Å². The first-order chi connectivity index (χ1) is 9.49. The average molecular weight is 277 g/mol. The molecule has 0 aromatic carbocycles. The quantitative estimate of drug-likeness (QED) is 0.909. The lowest BCUT2D eigenvalue weighted by molar-refractivity contribution is 0.0894. The molecule has 0 bridgehead atoms. The van der Waals surface area contributed by atoms with Gasteiger partial charge in [-0.15, -0.1) is 0 Å². The van der Waals surface area contributed by atoms with Crippen LogP contribution in [-0.4, -0.2) is 16.0 Å². The zero-order valence-corrected chi connectivity index (χ0v) is 11.5. The van der Waals surface area contributed by atoms with Crippen LogP contribution in [0.15, 0.2) is 25.9 Å². The molecule has 0 saturated carbocycles. The maximum atomic E-state index is 12.1. The predicted molar refractivity (Wildman–Crippen MR) is 69.2 cm³/mol. The van der Waals surface area contributed by atoms with E-state index in [1.54, 1.807) is 13.8 Å². The summed E-state index contributed by atoms with van der Waals surface area (Å²) >= 11 is 0. The van der Waals surface area contributed by atoms with Crippen molar-refractivity contribution in [3.8, 4) is 0 Å². The molecule has 106 valence electrons. The molecular weight excluding hydrogens is 262 g/mol. The van der Waals surface area contributed by atoms with Gasteiger partial charge in [0.2, 0.25) is 5.89 Å². The molecule has 0 unspecified atom stereocenters. The van der Waals surface area contributed by atoms with Crippen molar-refractivity contribution in [2.45, 2.75) is 33.2 Å². The number of aryl methyl sites for hydroxylation is 2. The summed E-state index contributed by atoms with van der Waals surface area (Å²) in [4.78, 5) is 27.5. The van der Waals surface area contributed by atoms with E-state index in [1.165, 1.54) is 6.07 Å². The van der Waals surface area contributed by atoms with Crippen molar-refractivity contribution in [3.63, 3.8) is 0 Å². The highest BCUT2D eigenvalue weighted by molar-refractivity contribution is 5.91. The third-order valence-electron chi connectivity index (χ3n) is 2.67. The molecule has 2 aromatic heterocycles. The van der Waals surface area contributed by atoms with E-state index in [2.05, 4.69) is 15.5 Å². The molecule has 0 spiro atoms. The smallest absolute Gasteiger partial charge is 0.287 e. The van der Waals surface area contributed by atoms with Crippen molar-refractivity contribution >= 4 is 5.91 Å². The number of hydrogen-bond donors (Lipinski definition) is 1. The molecule has 0 radical (unpaired) electrons. The van der Waals surface area contributed by atoms with Crippen molar-refractivity contribution in [2.24, 2.45) is 0 Å². The number of hydrogen-bond acceptors (Lipinski definition) is 6. The SMILES string of the molecule is CC[C@H](NC(=O)c1cc(=O)cc(C)o1)c1nc(C)no1. The number of carbonyl (C=O) groups is 1. The molecule has 7 heteroatoms. The van der Waals surface area contributed by atoms with Crippen LogP contribution in [-0.2, 0) is 0 Å². The molecule has 2 heterocycles. The zero-order chi connectivity index (χ0) is 14.7. The van der Waals surface area contributed by atoms with Gasteiger partial charge in [-0.2, -0.15) is 4.98 Å². The van der Waals surface area contributed by atoms with E-state index in [4.69, 9.17) is 8.94 Å². The van der Waals surface area contributed by atoms with E-state index in [9.17, 15) is 9.59 Å². The summed E-state index contributed by atoms with van der Waals surface area (Å²) in [6.45, 7) is 5.18. The molecule has 2 aromatic rings. The normalized spacial score (nSPS) is 12.2. The number of nitrogens with zero attached hydrogens (tertiary/aromatic N) is 2. The first-order valence-electron chi connectivity index (χ1n) is 6.22. The Hall–Kier alpha value is -2.44. The molecule has 1 amide bonds. The van der Waals surface area contributed by atoms with Crippen molar-refractivity contribution < 1.29 is 13.7 Å². The molecular formula is C13H15N3O4. The largest absolute Gasteiger partial charge is 0.456 e. The van der Waals surface area contributed by atoms with Crippen LogP contribution in [0.1, 0.15) is 47.4 Å². The molecule has 20 heavy (non-hydrogen) atoms. The van der Waals surface area contributed by atoms with Crippen LogP contribution < -0.4 is 10.7 Å². The highest BCUT2D eigenvalue weighted by atomic mass is 16.5. The van der Waals surface area contributed by atoms with Crippen molar-refractivity contribution in [3.05, 3.63) is 45.6 Å². The third kappa shape index (κ3) is 3.11. The number of amides is 1. The minimum Gasteiger partial charge on any atom is -0.456 e. The molecule has 0 saturated heterocycles. The Balaban J connectivity index is 2.19. The minimum atomic E-state index is -0.492. The van der Waals surface area contributed by atoms with Gasteiger partial charge in [0.1, 0.15) is 11.8 Å². The highest BCUT2D eigenvalue weighted by Crippen LogP contribution is 2.15. The molecule has 0 aliphatic rings. The summed E-state index contributed by atoms with van der Waals surface area (Å²) in [5, 5.41) is 6.38. The van der Waals surface area contributed by atoms with Gasteiger partial charge in [0, 0.05) is 12.1 Å². The second kappa shape index (κ2) is 5.68. The number of rotatable bonds is 4. The van der Waals surface area contributed by atoms with E-state index in [-0.39, 0.29) is 11.2 Å². The molecule has 0 aliphatic heterocycles. The molecule has 2 rings (SSSR count). The standard InChI is InChI=1S/C13H15N3O4/c1-4-10(13-14-8(3)16-20-13)15-12(18)11-6-9(17)5-7(2)19-11/h5-6,10H,4H2,1-3H3,(H,15,18)/t10-/m0/s1. The van der Waals surface area contributed by atoms with Crippen LogP contribution in [0.4, 0.5) is 0 Å². The van der Waals surface area contributed by atoms with Crippen molar-refractivity contribution in [1.29, 1.82) is 0 Å². The van der Waals surface area contributed by atoms with E-state index in [0.29, 0.717) is 23.9 Å².